The summed E-state index contributed by atoms with van der Waals surface area (Å²) in [6, 6.07) is 12.3. The van der Waals surface area contributed by atoms with E-state index in [1.54, 1.807) is 19.1 Å². The van der Waals surface area contributed by atoms with Gasteiger partial charge in [-0.25, -0.2) is 18.7 Å². The van der Waals surface area contributed by atoms with Crippen LogP contribution in [0.2, 0.25) is 0 Å². The van der Waals surface area contributed by atoms with Gasteiger partial charge in [0.25, 0.3) is 5.91 Å². The number of hydrogen-bond donors (Lipinski definition) is 2. The van der Waals surface area contributed by atoms with Gasteiger partial charge in [0.15, 0.2) is 0 Å². The molecule has 0 saturated carbocycles. The number of nitrogens with one attached hydrogen (secondary N) is 2. The van der Waals surface area contributed by atoms with Crippen LogP contribution in [0, 0.1) is 18.6 Å². The van der Waals surface area contributed by atoms with Crippen LogP contribution in [-0.2, 0) is 6.42 Å². The first-order chi connectivity index (χ1) is 13.0. The van der Waals surface area contributed by atoms with Crippen LogP contribution in [0.25, 0.3) is 0 Å². The van der Waals surface area contributed by atoms with Crippen molar-refractivity contribution in [3.05, 3.63) is 77.2 Å². The molecule has 0 unspecified atom stereocenters. The third-order valence-corrected chi connectivity index (χ3v) is 3.91. The molecule has 27 heavy (non-hydrogen) atoms. The molecule has 138 valence electrons. The van der Waals surface area contributed by atoms with E-state index in [0.29, 0.717) is 11.5 Å². The number of aryl methyl sites for hydroxylation is 2. The molecular formula is C20H18F2N4O. The number of anilines is 3. The highest BCUT2D eigenvalue weighted by molar-refractivity contribution is 6.03. The fourth-order valence-corrected chi connectivity index (χ4v) is 2.51. The van der Waals surface area contributed by atoms with E-state index in [1.807, 2.05) is 19.1 Å². The average molecular weight is 368 g/mol. The van der Waals surface area contributed by atoms with Crippen LogP contribution < -0.4 is 10.6 Å². The Kier molecular flexibility index (Phi) is 5.40. The minimum Gasteiger partial charge on any atom is -0.335 e. The lowest BCUT2D eigenvalue weighted by Gasteiger charge is -2.10. The van der Waals surface area contributed by atoms with Crippen molar-refractivity contribution in [2.45, 2.75) is 20.3 Å². The minimum atomic E-state index is -0.756. The third-order valence-electron chi connectivity index (χ3n) is 3.91. The number of halogens is 2. The second kappa shape index (κ2) is 7.90. The Morgan fingerprint density at radius 1 is 1.04 bits per heavy atom. The molecule has 1 aromatic heterocycles. The lowest BCUT2D eigenvalue weighted by molar-refractivity contribution is 0.102. The molecule has 0 aliphatic heterocycles. The van der Waals surface area contributed by atoms with Gasteiger partial charge in [0.2, 0.25) is 0 Å². The van der Waals surface area contributed by atoms with Gasteiger partial charge in [0.05, 0.1) is 0 Å². The van der Waals surface area contributed by atoms with Gasteiger partial charge in [-0.3, -0.25) is 4.79 Å². The number of carbonyl (C=O) groups excluding carboxylic acids is 1. The van der Waals surface area contributed by atoms with E-state index < -0.39 is 17.5 Å². The monoisotopic (exact) mass is 368 g/mol. The summed E-state index contributed by atoms with van der Waals surface area (Å²) in [5.74, 6) is -1.54. The number of hydrogen-bond acceptors (Lipinski definition) is 4. The smallest absolute Gasteiger partial charge is 0.274 e. The van der Waals surface area contributed by atoms with E-state index in [2.05, 4.69) is 20.6 Å². The van der Waals surface area contributed by atoms with Gasteiger partial charge in [-0.1, -0.05) is 25.1 Å². The van der Waals surface area contributed by atoms with Crippen molar-refractivity contribution < 1.29 is 13.6 Å². The van der Waals surface area contributed by atoms with Crippen molar-refractivity contribution in [1.29, 1.82) is 0 Å². The largest absolute Gasteiger partial charge is 0.335 e. The van der Waals surface area contributed by atoms with Gasteiger partial charge in [0, 0.05) is 11.8 Å². The maximum atomic E-state index is 13.8. The van der Waals surface area contributed by atoms with Gasteiger partial charge in [-0.2, -0.15) is 0 Å². The molecule has 0 radical (unpaired) electrons. The van der Waals surface area contributed by atoms with Crippen LogP contribution in [0.3, 0.4) is 0 Å². The fraction of sp³-hybridized carbons (Fsp3) is 0.150. The van der Waals surface area contributed by atoms with Crippen molar-refractivity contribution in [1.82, 2.24) is 9.97 Å². The van der Waals surface area contributed by atoms with E-state index in [4.69, 9.17) is 0 Å². The lowest BCUT2D eigenvalue weighted by atomic mass is 10.1. The second-order valence-corrected chi connectivity index (χ2v) is 5.91. The van der Waals surface area contributed by atoms with E-state index in [9.17, 15) is 13.6 Å². The van der Waals surface area contributed by atoms with Gasteiger partial charge in [-0.05, 0) is 43.2 Å². The number of para-hydroxylation sites is 1. The van der Waals surface area contributed by atoms with Crippen molar-refractivity contribution in [2.75, 3.05) is 10.6 Å². The Hall–Kier alpha value is -3.35. The van der Waals surface area contributed by atoms with Gasteiger partial charge >= 0.3 is 0 Å². The topological polar surface area (TPSA) is 66.9 Å². The Morgan fingerprint density at radius 3 is 2.33 bits per heavy atom. The van der Waals surface area contributed by atoms with Crippen LogP contribution in [0.1, 0.15) is 28.8 Å². The van der Waals surface area contributed by atoms with E-state index in [1.165, 1.54) is 12.1 Å². The molecule has 1 heterocycles. The zero-order valence-electron chi connectivity index (χ0n) is 14.9. The van der Waals surface area contributed by atoms with E-state index in [0.717, 1.165) is 24.1 Å². The molecule has 0 spiro atoms. The molecule has 0 atom stereocenters. The predicted molar refractivity (Wildman–Crippen MR) is 100 cm³/mol. The molecule has 1 amide bonds. The first-order valence-corrected chi connectivity index (χ1v) is 8.43. The summed E-state index contributed by atoms with van der Waals surface area (Å²) >= 11 is 0. The first kappa shape index (κ1) is 18.4. The fourth-order valence-electron chi connectivity index (χ4n) is 2.51. The maximum Gasteiger partial charge on any atom is 0.274 e. The van der Waals surface area contributed by atoms with E-state index >= 15 is 0 Å². The lowest BCUT2D eigenvalue weighted by Crippen LogP contribution is -2.15. The standard InChI is InChI=1S/C20H18F2N4O/c1-3-13-7-9-14(10-8-13)25-20(27)17-11-18(24-12(2)23-17)26-19-15(21)5-4-6-16(19)22/h4-11H,3H2,1-2H3,(H,25,27)(H,23,24,26). The summed E-state index contributed by atoms with van der Waals surface area (Å²) in [5, 5.41) is 5.32. The van der Waals surface area contributed by atoms with Crippen molar-refractivity contribution in [3.63, 3.8) is 0 Å². The molecule has 0 saturated heterocycles. The number of aromatic nitrogens is 2. The van der Waals surface area contributed by atoms with Gasteiger partial charge in [0.1, 0.15) is 34.7 Å². The number of amides is 1. The van der Waals surface area contributed by atoms with Crippen molar-refractivity contribution in [3.8, 4) is 0 Å². The summed E-state index contributed by atoms with van der Waals surface area (Å²) < 4.78 is 27.6. The van der Waals surface area contributed by atoms with Gasteiger partial charge in [-0.15, -0.1) is 0 Å². The highest BCUT2D eigenvalue weighted by Crippen LogP contribution is 2.22. The number of rotatable bonds is 5. The molecule has 7 heteroatoms. The Labute approximate surface area is 155 Å². The molecule has 0 fully saturated rings. The molecule has 0 bridgehead atoms. The predicted octanol–water partition coefficient (Wildman–Crippen LogP) is 4.62. The molecule has 2 N–H and O–H groups in total. The van der Waals surface area contributed by atoms with Crippen LogP contribution in [0.15, 0.2) is 48.5 Å². The first-order valence-electron chi connectivity index (χ1n) is 8.43. The molecule has 3 aromatic rings. The number of carbonyl (C=O) groups is 1. The highest BCUT2D eigenvalue weighted by atomic mass is 19.1. The summed E-state index contributed by atoms with van der Waals surface area (Å²) in [4.78, 5) is 20.7. The third kappa shape index (κ3) is 4.44. The normalized spacial score (nSPS) is 10.5. The molecule has 0 aliphatic carbocycles. The Balaban J connectivity index is 1.82. The van der Waals surface area contributed by atoms with Crippen LogP contribution in [0.4, 0.5) is 26.0 Å². The SMILES string of the molecule is CCc1ccc(NC(=O)c2cc(Nc3c(F)cccc3F)nc(C)n2)cc1. The summed E-state index contributed by atoms with van der Waals surface area (Å²) in [5.41, 5.74) is 1.53. The summed E-state index contributed by atoms with van der Waals surface area (Å²) in [6.07, 6.45) is 0.904. The van der Waals surface area contributed by atoms with Crippen LogP contribution >= 0.6 is 0 Å². The zero-order chi connectivity index (χ0) is 19.4. The molecule has 5 nitrogen and oxygen atoms in total. The van der Waals surface area contributed by atoms with Crippen LogP contribution in [0.5, 0.6) is 0 Å². The molecule has 3 rings (SSSR count). The quantitative estimate of drug-likeness (QED) is 0.689. The molecular weight excluding hydrogens is 350 g/mol. The average Bonchev–Trinajstić information content (AvgIpc) is 2.65. The number of benzene rings is 2. The van der Waals surface area contributed by atoms with Crippen molar-refractivity contribution >= 4 is 23.1 Å². The zero-order valence-corrected chi connectivity index (χ0v) is 14.9. The van der Waals surface area contributed by atoms with Crippen molar-refractivity contribution in [2.24, 2.45) is 0 Å². The van der Waals surface area contributed by atoms with Gasteiger partial charge < -0.3 is 10.6 Å². The summed E-state index contributed by atoms with van der Waals surface area (Å²) in [6.45, 7) is 3.64. The van der Waals surface area contributed by atoms with E-state index in [-0.39, 0.29) is 17.2 Å². The Bertz CT molecular complexity index is 954. The maximum absolute atomic E-state index is 13.8. The molecule has 0 aliphatic rings. The second-order valence-electron chi connectivity index (χ2n) is 5.91. The summed E-state index contributed by atoms with van der Waals surface area (Å²) in [7, 11) is 0. The Morgan fingerprint density at radius 2 is 1.70 bits per heavy atom. The van der Waals surface area contributed by atoms with Crippen LogP contribution in [-0.4, -0.2) is 15.9 Å². The highest BCUT2D eigenvalue weighted by Gasteiger charge is 2.14. The minimum absolute atomic E-state index is 0.0846. The number of nitrogens with zero attached hydrogens (tertiary/aromatic N) is 2. The molecule has 2 aromatic carbocycles.